The SMILES string of the molecule is N#Cc1ccc(NC(=O)NCC2(C(=O)O)CC2)cc1C#N. The molecule has 0 radical (unpaired) electrons. The lowest BCUT2D eigenvalue weighted by Gasteiger charge is -2.12. The number of urea groups is 1. The number of carboxylic acids is 1. The summed E-state index contributed by atoms with van der Waals surface area (Å²) in [6, 6.07) is 7.53. The zero-order chi connectivity index (χ0) is 15.5. The van der Waals surface area contributed by atoms with Crippen molar-refractivity contribution in [3.63, 3.8) is 0 Å². The molecule has 1 aromatic rings. The van der Waals surface area contributed by atoms with Crippen molar-refractivity contribution in [2.24, 2.45) is 5.41 Å². The third kappa shape index (κ3) is 3.10. The molecule has 1 aromatic carbocycles. The lowest BCUT2D eigenvalue weighted by atomic mass is 10.1. The molecule has 0 atom stereocenters. The molecule has 0 aromatic heterocycles. The van der Waals surface area contributed by atoms with Crippen molar-refractivity contribution in [2.75, 3.05) is 11.9 Å². The molecule has 7 heteroatoms. The maximum atomic E-state index is 11.7. The highest BCUT2D eigenvalue weighted by Gasteiger charge is 2.50. The van der Waals surface area contributed by atoms with E-state index >= 15 is 0 Å². The van der Waals surface area contributed by atoms with Gasteiger partial charge in [0.15, 0.2) is 0 Å². The summed E-state index contributed by atoms with van der Waals surface area (Å²) in [6.45, 7) is 0.0650. The number of nitrogens with zero attached hydrogens (tertiary/aromatic N) is 2. The molecular formula is C14H12N4O3. The topological polar surface area (TPSA) is 126 Å². The number of hydrogen-bond donors (Lipinski definition) is 3. The number of carboxylic acid groups (broad SMARTS) is 1. The standard InChI is InChI=1S/C14H12N4O3/c15-6-9-1-2-11(5-10(9)7-16)18-13(21)17-8-14(3-4-14)12(19)20/h1-2,5H,3-4,8H2,(H,19,20)(H2,17,18,21). The van der Waals surface area contributed by atoms with Crippen LogP contribution in [-0.2, 0) is 4.79 Å². The maximum absolute atomic E-state index is 11.7. The van der Waals surface area contributed by atoms with Crippen molar-refractivity contribution < 1.29 is 14.7 Å². The highest BCUT2D eigenvalue weighted by molar-refractivity contribution is 5.90. The van der Waals surface area contributed by atoms with Crippen molar-refractivity contribution in [3.8, 4) is 12.1 Å². The molecule has 0 saturated heterocycles. The molecule has 7 nitrogen and oxygen atoms in total. The molecule has 1 aliphatic rings. The summed E-state index contributed by atoms with van der Waals surface area (Å²) in [5.41, 5.74) is -0.0752. The van der Waals surface area contributed by atoms with Crippen LogP contribution in [0, 0.1) is 28.1 Å². The summed E-state index contributed by atoms with van der Waals surface area (Å²) in [4.78, 5) is 22.7. The first-order valence-electron chi connectivity index (χ1n) is 6.23. The van der Waals surface area contributed by atoms with E-state index < -0.39 is 17.4 Å². The van der Waals surface area contributed by atoms with E-state index in [1.54, 1.807) is 0 Å². The largest absolute Gasteiger partial charge is 0.481 e. The Morgan fingerprint density at radius 2 is 1.90 bits per heavy atom. The van der Waals surface area contributed by atoms with Crippen LogP contribution in [0.15, 0.2) is 18.2 Å². The molecule has 21 heavy (non-hydrogen) atoms. The molecule has 0 aliphatic heterocycles. The Kier molecular flexibility index (Phi) is 3.77. The van der Waals surface area contributed by atoms with Gasteiger partial charge in [0.05, 0.1) is 16.5 Å². The molecule has 2 amide bonds. The maximum Gasteiger partial charge on any atom is 0.319 e. The zero-order valence-corrected chi connectivity index (χ0v) is 11.0. The molecule has 0 bridgehead atoms. The number of hydrogen-bond acceptors (Lipinski definition) is 4. The summed E-state index contributed by atoms with van der Waals surface area (Å²) < 4.78 is 0. The Balaban J connectivity index is 1.96. The van der Waals surface area contributed by atoms with Crippen molar-refractivity contribution in [1.29, 1.82) is 10.5 Å². The van der Waals surface area contributed by atoms with Crippen LogP contribution >= 0.6 is 0 Å². The third-order valence-electron chi connectivity index (χ3n) is 3.41. The van der Waals surface area contributed by atoms with E-state index in [4.69, 9.17) is 15.6 Å². The van der Waals surface area contributed by atoms with Gasteiger partial charge in [0, 0.05) is 12.2 Å². The average Bonchev–Trinajstić information content (AvgIpc) is 3.26. The predicted molar refractivity (Wildman–Crippen MR) is 72.2 cm³/mol. The first-order valence-corrected chi connectivity index (χ1v) is 6.23. The molecule has 3 N–H and O–H groups in total. The first kappa shape index (κ1) is 14.4. The van der Waals surface area contributed by atoms with E-state index in [9.17, 15) is 9.59 Å². The lowest BCUT2D eigenvalue weighted by Crippen LogP contribution is -2.36. The second-order valence-corrected chi connectivity index (χ2v) is 4.88. The van der Waals surface area contributed by atoms with Crippen LogP contribution in [0.1, 0.15) is 24.0 Å². The fraction of sp³-hybridized carbons (Fsp3) is 0.286. The average molecular weight is 284 g/mol. The molecule has 106 valence electrons. The van der Waals surface area contributed by atoms with Gasteiger partial charge in [-0.2, -0.15) is 10.5 Å². The number of nitrogens with one attached hydrogen (secondary N) is 2. The van der Waals surface area contributed by atoms with Crippen molar-refractivity contribution >= 4 is 17.7 Å². The third-order valence-corrected chi connectivity index (χ3v) is 3.41. The second kappa shape index (κ2) is 5.51. The van der Waals surface area contributed by atoms with Crippen LogP contribution in [0.3, 0.4) is 0 Å². The molecule has 1 aliphatic carbocycles. The minimum Gasteiger partial charge on any atom is -0.481 e. The number of nitriles is 2. The quantitative estimate of drug-likeness (QED) is 0.770. The number of rotatable bonds is 4. The van der Waals surface area contributed by atoms with Gasteiger partial charge in [-0.05, 0) is 31.0 Å². The summed E-state index contributed by atoms with van der Waals surface area (Å²) in [6.07, 6.45) is 1.11. The van der Waals surface area contributed by atoms with Gasteiger partial charge in [-0.15, -0.1) is 0 Å². The summed E-state index contributed by atoms with van der Waals surface area (Å²) in [7, 11) is 0. The molecule has 0 unspecified atom stereocenters. The molecule has 0 heterocycles. The summed E-state index contributed by atoms with van der Waals surface area (Å²) in [5.74, 6) is -0.909. The summed E-state index contributed by atoms with van der Waals surface area (Å²) in [5, 5.41) is 31.7. The van der Waals surface area contributed by atoms with Crippen LogP contribution in [0.2, 0.25) is 0 Å². The van der Waals surface area contributed by atoms with Crippen LogP contribution in [0.25, 0.3) is 0 Å². The van der Waals surface area contributed by atoms with E-state index in [1.165, 1.54) is 18.2 Å². The zero-order valence-electron chi connectivity index (χ0n) is 11.0. The van der Waals surface area contributed by atoms with Crippen molar-refractivity contribution in [3.05, 3.63) is 29.3 Å². The van der Waals surface area contributed by atoms with Crippen molar-refractivity contribution in [1.82, 2.24) is 5.32 Å². The number of carbonyl (C=O) groups is 2. The highest BCUT2D eigenvalue weighted by Crippen LogP contribution is 2.45. The number of carbonyl (C=O) groups excluding carboxylic acids is 1. The number of amides is 2. The Hall–Kier alpha value is -3.06. The van der Waals surface area contributed by atoms with Gasteiger partial charge in [-0.3, -0.25) is 4.79 Å². The summed E-state index contributed by atoms with van der Waals surface area (Å²) >= 11 is 0. The Labute approximate surface area is 120 Å². The predicted octanol–water partition coefficient (Wildman–Crippen LogP) is 1.42. The van der Waals surface area contributed by atoms with E-state index in [-0.39, 0.29) is 17.7 Å². The van der Waals surface area contributed by atoms with Gasteiger partial charge in [0.2, 0.25) is 0 Å². The molecule has 2 rings (SSSR count). The Bertz CT molecular complexity index is 680. The van der Waals surface area contributed by atoms with Gasteiger partial charge in [-0.1, -0.05) is 0 Å². The fourth-order valence-corrected chi connectivity index (χ4v) is 1.85. The number of benzene rings is 1. The van der Waals surface area contributed by atoms with Crippen LogP contribution < -0.4 is 10.6 Å². The van der Waals surface area contributed by atoms with Crippen LogP contribution in [0.5, 0.6) is 0 Å². The second-order valence-electron chi connectivity index (χ2n) is 4.88. The normalized spacial score (nSPS) is 14.4. The molecular weight excluding hydrogens is 272 g/mol. The van der Waals surface area contributed by atoms with Crippen LogP contribution in [0.4, 0.5) is 10.5 Å². The monoisotopic (exact) mass is 284 g/mol. The van der Waals surface area contributed by atoms with Gasteiger partial charge < -0.3 is 15.7 Å². The van der Waals surface area contributed by atoms with E-state index in [1.807, 2.05) is 12.1 Å². The minimum atomic E-state index is -0.909. The smallest absolute Gasteiger partial charge is 0.319 e. The molecule has 1 fully saturated rings. The van der Waals surface area contributed by atoms with Gasteiger partial charge in [0.1, 0.15) is 12.1 Å². The molecule has 1 saturated carbocycles. The lowest BCUT2D eigenvalue weighted by molar-refractivity contribution is -0.143. The number of anilines is 1. The fourth-order valence-electron chi connectivity index (χ4n) is 1.85. The van der Waals surface area contributed by atoms with Crippen molar-refractivity contribution in [2.45, 2.75) is 12.8 Å². The van der Waals surface area contributed by atoms with Gasteiger partial charge in [-0.25, -0.2) is 4.79 Å². The van der Waals surface area contributed by atoms with Crippen LogP contribution in [-0.4, -0.2) is 23.7 Å². The first-order chi connectivity index (χ1) is 10.0. The van der Waals surface area contributed by atoms with E-state index in [0.717, 1.165) is 0 Å². The molecule has 0 spiro atoms. The van der Waals surface area contributed by atoms with E-state index in [0.29, 0.717) is 18.5 Å². The number of aliphatic carboxylic acids is 1. The van der Waals surface area contributed by atoms with E-state index in [2.05, 4.69) is 10.6 Å². The van der Waals surface area contributed by atoms with Gasteiger partial charge >= 0.3 is 12.0 Å². The minimum absolute atomic E-state index is 0.0650. The highest BCUT2D eigenvalue weighted by atomic mass is 16.4. The Morgan fingerprint density at radius 3 is 2.43 bits per heavy atom. The van der Waals surface area contributed by atoms with Gasteiger partial charge in [0.25, 0.3) is 0 Å². The Morgan fingerprint density at radius 1 is 1.24 bits per heavy atom.